The summed E-state index contributed by atoms with van der Waals surface area (Å²) < 4.78 is 6.74. The molecule has 8 heteroatoms. The van der Waals surface area contributed by atoms with Gasteiger partial charge < -0.3 is 15.0 Å². The van der Waals surface area contributed by atoms with E-state index in [1.165, 1.54) is 10.2 Å². The third-order valence-electron chi connectivity index (χ3n) is 4.87. The fourth-order valence-corrected chi connectivity index (χ4v) is 3.48. The summed E-state index contributed by atoms with van der Waals surface area (Å²) in [7, 11) is 3.30. The summed E-state index contributed by atoms with van der Waals surface area (Å²) in [6.07, 6.45) is 1.59. The molecular formula is C19H26ClN5O2. The van der Waals surface area contributed by atoms with Crippen molar-refractivity contribution in [1.82, 2.24) is 14.7 Å². The predicted octanol–water partition coefficient (Wildman–Crippen LogP) is 1.98. The van der Waals surface area contributed by atoms with Crippen LogP contribution in [0.25, 0.3) is 0 Å². The molecule has 1 fully saturated rings. The topological polar surface area (TPSA) is 62.6 Å². The van der Waals surface area contributed by atoms with Gasteiger partial charge in [-0.1, -0.05) is 17.7 Å². The average molecular weight is 392 g/mol. The molecule has 0 bridgehead atoms. The standard InChI is InChI=1S/C19H26ClN5O2/c1-14-4-5-17(27-3)16(12-14)25-10-8-24(9-11-25)7-6-21-15-13-22-23(2)19(26)18(15)20/h4-5,12-13,21H,6-11H2,1-3H3. The van der Waals surface area contributed by atoms with Gasteiger partial charge in [-0.05, 0) is 24.6 Å². The van der Waals surface area contributed by atoms with Crippen LogP contribution in [0.15, 0.2) is 29.2 Å². The van der Waals surface area contributed by atoms with Crippen LogP contribution >= 0.6 is 11.6 Å². The van der Waals surface area contributed by atoms with E-state index in [0.29, 0.717) is 12.2 Å². The molecule has 0 saturated carbocycles. The molecule has 146 valence electrons. The number of aryl methyl sites for hydroxylation is 2. The number of halogens is 1. The zero-order valence-corrected chi connectivity index (χ0v) is 16.8. The fraction of sp³-hybridized carbons (Fsp3) is 0.474. The molecule has 1 aromatic heterocycles. The van der Waals surface area contributed by atoms with Crippen LogP contribution in [0.4, 0.5) is 11.4 Å². The van der Waals surface area contributed by atoms with Crippen molar-refractivity contribution in [3.63, 3.8) is 0 Å². The van der Waals surface area contributed by atoms with Crippen molar-refractivity contribution in [3.8, 4) is 5.75 Å². The van der Waals surface area contributed by atoms with E-state index in [0.717, 1.165) is 44.2 Å². The molecule has 2 heterocycles. The van der Waals surface area contributed by atoms with E-state index in [4.69, 9.17) is 16.3 Å². The zero-order valence-electron chi connectivity index (χ0n) is 16.0. The van der Waals surface area contributed by atoms with Crippen molar-refractivity contribution in [3.05, 3.63) is 45.3 Å². The number of aromatic nitrogens is 2. The molecule has 1 aliphatic heterocycles. The molecule has 7 nitrogen and oxygen atoms in total. The molecule has 27 heavy (non-hydrogen) atoms. The van der Waals surface area contributed by atoms with E-state index in [1.54, 1.807) is 20.4 Å². The molecule has 0 unspecified atom stereocenters. The molecule has 0 spiro atoms. The second-order valence-electron chi connectivity index (χ2n) is 6.73. The number of rotatable bonds is 6. The Morgan fingerprint density at radius 3 is 2.70 bits per heavy atom. The van der Waals surface area contributed by atoms with Crippen molar-refractivity contribution in [2.75, 3.05) is 56.6 Å². The summed E-state index contributed by atoms with van der Waals surface area (Å²) in [5.74, 6) is 0.920. The summed E-state index contributed by atoms with van der Waals surface area (Å²) in [6, 6.07) is 6.28. The Labute approximate surface area is 164 Å². The van der Waals surface area contributed by atoms with Gasteiger partial charge >= 0.3 is 0 Å². The highest BCUT2D eigenvalue weighted by atomic mass is 35.5. The van der Waals surface area contributed by atoms with Crippen molar-refractivity contribution in [2.45, 2.75) is 6.92 Å². The minimum atomic E-state index is -0.289. The van der Waals surface area contributed by atoms with Crippen LogP contribution in [0.2, 0.25) is 5.02 Å². The highest BCUT2D eigenvalue weighted by molar-refractivity contribution is 6.32. The third-order valence-corrected chi connectivity index (χ3v) is 5.23. The second-order valence-corrected chi connectivity index (χ2v) is 7.11. The Bertz CT molecular complexity index is 846. The van der Waals surface area contributed by atoms with E-state index in [9.17, 15) is 4.79 Å². The first-order valence-corrected chi connectivity index (χ1v) is 9.45. The van der Waals surface area contributed by atoms with E-state index in [2.05, 4.69) is 39.3 Å². The molecule has 1 aromatic carbocycles. The Hall–Kier alpha value is -2.25. The summed E-state index contributed by atoms with van der Waals surface area (Å²) >= 11 is 6.08. The van der Waals surface area contributed by atoms with Gasteiger partial charge in [-0.3, -0.25) is 9.69 Å². The highest BCUT2D eigenvalue weighted by Gasteiger charge is 2.19. The van der Waals surface area contributed by atoms with Gasteiger partial charge in [0.15, 0.2) is 0 Å². The van der Waals surface area contributed by atoms with Gasteiger partial charge in [-0.25, -0.2) is 4.68 Å². The van der Waals surface area contributed by atoms with E-state index >= 15 is 0 Å². The third kappa shape index (κ3) is 4.54. The lowest BCUT2D eigenvalue weighted by molar-refractivity contribution is 0.266. The van der Waals surface area contributed by atoms with Gasteiger partial charge in [0.2, 0.25) is 0 Å². The van der Waals surface area contributed by atoms with E-state index in [-0.39, 0.29) is 10.6 Å². The summed E-state index contributed by atoms with van der Waals surface area (Å²) in [5, 5.41) is 7.39. The summed E-state index contributed by atoms with van der Waals surface area (Å²) in [4.78, 5) is 16.6. The van der Waals surface area contributed by atoms with Gasteiger partial charge in [-0.15, -0.1) is 0 Å². The maximum Gasteiger partial charge on any atom is 0.287 e. The maximum atomic E-state index is 11.8. The lowest BCUT2D eigenvalue weighted by Crippen LogP contribution is -2.47. The first-order valence-electron chi connectivity index (χ1n) is 9.07. The number of nitrogens with zero attached hydrogens (tertiary/aromatic N) is 4. The molecule has 0 atom stereocenters. The number of ether oxygens (including phenoxy) is 1. The number of hydrogen-bond acceptors (Lipinski definition) is 6. The van der Waals surface area contributed by atoms with Crippen molar-refractivity contribution >= 4 is 23.0 Å². The maximum absolute atomic E-state index is 11.8. The Balaban J connectivity index is 1.51. The summed E-state index contributed by atoms with van der Waals surface area (Å²) in [6.45, 7) is 7.54. The molecule has 3 rings (SSSR count). The number of piperazine rings is 1. The number of nitrogens with one attached hydrogen (secondary N) is 1. The first kappa shape index (κ1) is 19.5. The van der Waals surface area contributed by atoms with Crippen LogP contribution < -0.4 is 20.5 Å². The Kier molecular flexibility index (Phi) is 6.23. The van der Waals surface area contributed by atoms with Crippen LogP contribution in [-0.2, 0) is 7.05 Å². The minimum Gasteiger partial charge on any atom is -0.495 e. The predicted molar refractivity (Wildman–Crippen MR) is 109 cm³/mol. The quantitative estimate of drug-likeness (QED) is 0.812. The fourth-order valence-electron chi connectivity index (χ4n) is 3.24. The van der Waals surface area contributed by atoms with Crippen molar-refractivity contribution in [2.24, 2.45) is 7.05 Å². The molecule has 0 aliphatic carbocycles. The number of methoxy groups -OCH3 is 1. The van der Waals surface area contributed by atoms with Crippen LogP contribution in [0.3, 0.4) is 0 Å². The molecule has 0 radical (unpaired) electrons. The van der Waals surface area contributed by atoms with Gasteiger partial charge in [-0.2, -0.15) is 5.10 Å². The molecule has 1 N–H and O–H groups in total. The number of anilines is 2. The van der Waals surface area contributed by atoms with Crippen LogP contribution in [0.1, 0.15) is 5.56 Å². The molecule has 1 aliphatic rings. The first-order chi connectivity index (χ1) is 13.0. The molecule has 1 saturated heterocycles. The number of hydrogen-bond donors (Lipinski definition) is 1. The van der Waals surface area contributed by atoms with Crippen molar-refractivity contribution < 1.29 is 4.74 Å². The average Bonchev–Trinajstić information content (AvgIpc) is 2.68. The van der Waals surface area contributed by atoms with Crippen LogP contribution in [0, 0.1) is 6.92 Å². The number of benzene rings is 1. The van der Waals surface area contributed by atoms with Gasteiger partial charge in [0.1, 0.15) is 10.8 Å². The lowest BCUT2D eigenvalue weighted by atomic mass is 10.1. The smallest absolute Gasteiger partial charge is 0.287 e. The van der Waals surface area contributed by atoms with E-state index < -0.39 is 0 Å². The Morgan fingerprint density at radius 2 is 2.00 bits per heavy atom. The Morgan fingerprint density at radius 1 is 1.26 bits per heavy atom. The zero-order chi connectivity index (χ0) is 19.4. The molecule has 2 aromatic rings. The SMILES string of the molecule is COc1ccc(C)cc1N1CCN(CCNc2cnn(C)c(=O)c2Cl)CC1. The molecule has 0 amide bonds. The van der Waals surface area contributed by atoms with Crippen molar-refractivity contribution in [1.29, 1.82) is 0 Å². The summed E-state index contributed by atoms with van der Waals surface area (Å²) in [5.41, 5.74) is 2.69. The van der Waals surface area contributed by atoms with Crippen LogP contribution in [-0.4, -0.2) is 61.1 Å². The van der Waals surface area contributed by atoms with Gasteiger partial charge in [0.05, 0.1) is 24.7 Å². The highest BCUT2D eigenvalue weighted by Crippen LogP contribution is 2.30. The van der Waals surface area contributed by atoms with Gasteiger partial charge in [0.25, 0.3) is 5.56 Å². The monoisotopic (exact) mass is 391 g/mol. The minimum absolute atomic E-state index is 0.184. The lowest BCUT2D eigenvalue weighted by Gasteiger charge is -2.36. The van der Waals surface area contributed by atoms with E-state index in [1.807, 2.05) is 6.07 Å². The largest absolute Gasteiger partial charge is 0.495 e. The van der Waals surface area contributed by atoms with Gasteiger partial charge in [0, 0.05) is 46.3 Å². The van der Waals surface area contributed by atoms with Crippen LogP contribution in [0.5, 0.6) is 5.75 Å². The molecular weight excluding hydrogens is 366 g/mol. The second kappa shape index (κ2) is 8.63. The normalized spacial score (nSPS) is 15.0.